The Morgan fingerprint density at radius 2 is 1.36 bits per heavy atom. The molecule has 28 heavy (non-hydrogen) atoms. The molecule has 0 fully saturated rings. The summed E-state index contributed by atoms with van der Waals surface area (Å²) in [7, 11) is 13.2. The molecule has 2 N–H and O–H groups in total. The van der Waals surface area contributed by atoms with Gasteiger partial charge in [-0.2, -0.15) is 0 Å². The third kappa shape index (κ3) is 7.48. The van der Waals surface area contributed by atoms with Gasteiger partial charge >= 0.3 is 11.9 Å². The molecule has 0 aliphatic rings. The Hall–Kier alpha value is -0.930. The molecular weight excluding hydrogens is 350 g/mol. The van der Waals surface area contributed by atoms with Gasteiger partial charge in [-0.15, -0.1) is 0 Å². The molecular formula is C22H40B2O4. The smallest absolute Gasteiger partial charge is 0.307 e. The van der Waals surface area contributed by atoms with E-state index in [0.717, 1.165) is 6.42 Å². The number of carbonyl (C=O) groups is 2. The van der Waals surface area contributed by atoms with E-state index < -0.39 is 47.2 Å². The van der Waals surface area contributed by atoms with E-state index in [9.17, 15) is 19.8 Å². The predicted molar refractivity (Wildman–Crippen MR) is 117 cm³/mol. The summed E-state index contributed by atoms with van der Waals surface area (Å²) in [4.78, 5) is 23.5. The minimum atomic E-state index is -1.13. The molecule has 0 saturated heterocycles. The summed E-state index contributed by atoms with van der Waals surface area (Å²) in [6.07, 6.45) is 1.17. The Kier molecular flexibility index (Phi) is 9.39. The average molecular weight is 390 g/mol. The topological polar surface area (TPSA) is 74.6 Å². The fraction of sp³-hybridized carbons (Fsp3) is 0.909. The van der Waals surface area contributed by atoms with Crippen LogP contribution in [0.3, 0.4) is 0 Å². The maximum atomic E-state index is 12.1. The molecule has 6 heteroatoms. The highest BCUT2D eigenvalue weighted by molar-refractivity contribution is 6.21. The van der Waals surface area contributed by atoms with Crippen LogP contribution in [0, 0.1) is 34.0 Å². The zero-order chi connectivity index (χ0) is 22.7. The number of carboxylic acid groups (broad SMARTS) is 2. The fourth-order valence-electron chi connectivity index (χ4n) is 4.79. The number of hydrogen-bond acceptors (Lipinski definition) is 2. The van der Waals surface area contributed by atoms with Gasteiger partial charge in [0.1, 0.15) is 0 Å². The molecule has 4 nitrogen and oxygen atoms in total. The quantitative estimate of drug-likeness (QED) is 0.474. The standard InChI is InChI=1S/C22H40B2O4/c1-10-21(6,7)13(2)17(23)18(24)16(14(19(27)28)11-15(25)26)22(8,9)12-20(3,4)5/h13-14,16-18H,10-12H2,1-9H3,(H,25,26)(H,27,28). The molecule has 0 spiro atoms. The third-order valence-electron chi connectivity index (χ3n) is 6.61. The molecule has 0 aliphatic carbocycles. The fourth-order valence-corrected chi connectivity index (χ4v) is 4.79. The zero-order valence-corrected chi connectivity index (χ0v) is 19.4. The van der Waals surface area contributed by atoms with Crippen molar-refractivity contribution in [3.8, 4) is 0 Å². The van der Waals surface area contributed by atoms with Crippen LogP contribution in [-0.2, 0) is 9.59 Å². The van der Waals surface area contributed by atoms with Crippen molar-refractivity contribution in [3.63, 3.8) is 0 Å². The summed E-state index contributed by atoms with van der Waals surface area (Å²) in [6.45, 7) is 18.7. The van der Waals surface area contributed by atoms with Gasteiger partial charge in [-0.25, -0.2) is 0 Å². The molecule has 5 atom stereocenters. The maximum absolute atomic E-state index is 12.1. The second kappa shape index (κ2) is 9.71. The summed E-state index contributed by atoms with van der Waals surface area (Å²) in [5.74, 6) is -4.92. The lowest BCUT2D eigenvalue weighted by Gasteiger charge is -2.49. The highest BCUT2D eigenvalue weighted by Gasteiger charge is 2.47. The van der Waals surface area contributed by atoms with Crippen LogP contribution in [0.15, 0.2) is 0 Å². The first-order valence-corrected chi connectivity index (χ1v) is 10.3. The Bertz CT molecular complexity index is 537. The molecule has 4 radical (unpaired) electrons. The molecule has 0 rings (SSSR count). The molecule has 0 aliphatic heterocycles. The monoisotopic (exact) mass is 390 g/mol. The molecule has 0 aromatic heterocycles. The van der Waals surface area contributed by atoms with Crippen LogP contribution < -0.4 is 0 Å². The molecule has 5 unspecified atom stereocenters. The van der Waals surface area contributed by atoms with Crippen molar-refractivity contribution in [3.05, 3.63) is 0 Å². The summed E-state index contributed by atoms with van der Waals surface area (Å²) in [5, 5.41) is 19.2. The second-order valence-electron chi connectivity index (χ2n) is 11.1. The van der Waals surface area contributed by atoms with Crippen molar-refractivity contribution < 1.29 is 19.8 Å². The normalized spacial score (nSPS) is 18.8. The van der Waals surface area contributed by atoms with E-state index >= 15 is 0 Å². The lowest BCUT2D eigenvalue weighted by Crippen LogP contribution is -2.43. The number of rotatable bonds is 11. The van der Waals surface area contributed by atoms with Crippen LogP contribution in [0.25, 0.3) is 0 Å². The highest BCUT2D eigenvalue weighted by atomic mass is 16.4. The number of aliphatic carboxylic acids is 2. The van der Waals surface area contributed by atoms with Crippen molar-refractivity contribution in [1.29, 1.82) is 0 Å². The van der Waals surface area contributed by atoms with E-state index in [1.807, 2.05) is 13.8 Å². The van der Waals surface area contributed by atoms with Gasteiger partial charge in [0.05, 0.1) is 28.0 Å². The van der Waals surface area contributed by atoms with Gasteiger partial charge in [0.15, 0.2) is 0 Å². The van der Waals surface area contributed by atoms with E-state index in [0.29, 0.717) is 6.42 Å². The van der Waals surface area contributed by atoms with Crippen molar-refractivity contribution in [2.24, 2.45) is 34.0 Å². The van der Waals surface area contributed by atoms with Crippen molar-refractivity contribution in [2.45, 2.75) is 93.2 Å². The SMILES string of the molecule is [B]C(C([B])C(C(CC(=O)O)C(=O)O)C(C)(C)CC(C)(C)C)C(C)C(C)(C)CC. The summed E-state index contributed by atoms with van der Waals surface area (Å²) >= 11 is 0. The third-order valence-corrected chi connectivity index (χ3v) is 6.61. The highest BCUT2D eigenvalue weighted by Crippen LogP contribution is 2.53. The zero-order valence-electron chi connectivity index (χ0n) is 19.4. The van der Waals surface area contributed by atoms with Gasteiger partial charge < -0.3 is 10.2 Å². The largest absolute Gasteiger partial charge is 0.481 e. The van der Waals surface area contributed by atoms with E-state index in [1.165, 1.54) is 0 Å². The van der Waals surface area contributed by atoms with E-state index in [-0.39, 0.29) is 16.7 Å². The minimum absolute atomic E-state index is 0.0543. The summed E-state index contributed by atoms with van der Waals surface area (Å²) < 4.78 is 0. The van der Waals surface area contributed by atoms with Crippen molar-refractivity contribution in [2.75, 3.05) is 0 Å². The maximum Gasteiger partial charge on any atom is 0.307 e. The number of hydrogen-bond donors (Lipinski definition) is 2. The first-order chi connectivity index (χ1) is 12.4. The van der Waals surface area contributed by atoms with Crippen molar-refractivity contribution >= 4 is 27.6 Å². The van der Waals surface area contributed by atoms with Gasteiger partial charge in [0, 0.05) is 0 Å². The Morgan fingerprint density at radius 3 is 1.68 bits per heavy atom. The van der Waals surface area contributed by atoms with Crippen LogP contribution in [0.1, 0.15) is 81.6 Å². The average Bonchev–Trinajstić information content (AvgIpc) is 2.49. The van der Waals surface area contributed by atoms with Crippen LogP contribution in [-0.4, -0.2) is 37.8 Å². The van der Waals surface area contributed by atoms with Gasteiger partial charge in [-0.05, 0) is 34.5 Å². The second-order valence-corrected chi connectivity index (χ2v) is 11.1. The summed E-state index contributed by atoms with van der Waals surface area (Å²) in [5.41, 5.74) is -0.614. The van der Waals surface area contributed by atoms with E-state index in [1.54, 1.807) is 0 Å². The van der Waals surface area contributed by atoms with Crippen LogP contribution >= 0.6 is 0 Å². The van der Waals surface area contributed by atoms with Gasteiger partial charge in [-0.1, -0.05) is 80.4 Å². The Balaban J connectivity index is 6.21. The van der Waals surface area contributed by atoms with E-state index in [4.69, 9.17) is 15.7 Å². The summed E-state index contributed by atoms with van der Waals surface area (Å²) in [6, 6.07) is 0. The first-order valence-electron chi connectivity index (χ1n) is 10.3. The molecule has 0 aromatic rings. The van der Waals surface area contributed by atoms with Gasteiger partial charge in [0.2, 0.25) is 0 Å². The lowest BCUT2D eigenvalue weighted by atomic mass is 9.46. The molecule has 0 bridgehead atoms. The molecule has 0 amide bonds. The minimum Gasteiger partial charge on any atom is -0.481 e. The lowest BCUT2D eigenvalue weighted by molar-refractivity contribution is -0.153. The van der Waals surface area contributed by atoms with Crippen LogP contribution in [0.4, 0.5) is 0 Å². The van der Waals surface area contributed by atoms with Crippen molar-refractivity contribution in [1.82, 2.24) is 0 Å². The van der Waals surface area contributed by atoms with Crippen LogP contribution in [0.2, 0.25) is 11.6 Å². The molecule has 0 saturated carbocycles. The Morgan fingerprint density at radius 1 is 0.893 bits per heavy atom. The molecule has 158 valence electrons. The molecule has 0 heterocycles. The number of carboxylic acids is 2. The molecule has 0 aromatic carbocycles. The predicted octanol–water partition coefficient (Wildman–Crippen LogP) is 5.23. The Labute approximate surface area is 175 Å². The van der Waals surface area contributed by atoms with Gasteiger partial charge in [0.25, 0.3) is 0 Å². The van der Waals surface area contributed by atoms with E-state index in [2.05, 4.69) is 48.5 Å². The first kappa shape index (κ1) is 27.1. The van der Waals surface area contributed by atoms with Crippen LogP contribution in [0.5, 0.6) is 0 Å². The van der Waals surface area contributed by atoms with Gasteiger partial charge in [-0.3, -0.25) is 9.59 Å².